The maximum Gasteiger partial charge on any atom is 0.232 e. The Kier molecular flexibility index (Phi) is 4.92. The van der Waals surface area contributed by atoms with Crippen LogP contribution >= 0.6 is 11.8 Å². The third-order valence-electron chi connectivity index (χ3n) is 3.70. The van der Waals surface area contributed by atoms with Gasteiger partial charge >= 0.3 is 0 Å². The Morgan fingerprint density at radius 1 is 1.42 bits per heavy atom. The monoisotopic (exact) mass is 277 g/mol. The van der Waals surface area contributed by atoms with Crippen LogP contribution in [0.2, 0.25) is 0 Å². The number of nitrogens with zero attached hydrogens (tertiary/aromatic N) is 1. The summed E-state index contributed by atoms with van der Waals surface area (Å²) in [6.45, 7) is 8.31. The molecular weight excluding hydrogens is 254 g/mol. The van der Waals surface area contributed by atoms with Crippen LogP contribution in [-0.2, 0) is 4.79 Å². The molecule has 3 heteroatoms. The first-order chi connectivity index (χ1) is 9.06. The van der Waals surface area contributed by atoms with Gasteiger partial charge in [0.15, 0.2) is 0 Å². The fourth-order valence-electron chi connectivity index (χ4n) is 2.51. The fraction of sp³-hybridized carbons (Fsp3) is 0.562. The Morgan fingerprint density at radius 3 is 2.95 bits per heavy atom. The fourth-order valence-corrected chi connectivity index (χ4v) is 3.54. The van der Waals surface area contributed by atoms with E-state index in [2.05, 4.69) is 39.0 Å². The highest BCUT2D eigenvalue weighted by Crippen LogP contribution is 2.24. The van der Waals surface area contributed by atoms with Gasteiger partial charge in [-0.05, 0) is 44.2 Å². The maximum absolute atomic E-state index is 12.2. The lowest BCUT2D eigenvalue weighted by molar-refractivity contribution is -0.130. The molecule has 1 fully saturated rings. The summed E-state index contributed by atoms with van der Waals surface area (Å²) in [6, 6.07) is 6.42. The van der Waals surface area contributed by atoms with Crippen molar-refractivity contribution in [2.45, 2.75) is 38.5 Å². The second-order valence-electron chi connectivity index (χ2n) is 5.64. The third kappa shape index (κ3) is 4.00. The van der Waals surface area contributed by atoms with E-state index in [1.54, 1.807) is 11.8 Å². The number of thioether (sulfide) groups is 1. The van der Waals surface area contributed by atoms with Crippen molar-refractivity contribution in [3.63, 3.8) is 0 Å². The number of aryl methyl sites for hydroxylation is 2. The van der Waals surface area contributed by atoms with Crippen LogP contribution in [-0.4, -0.2) is 29.6 Å². The van der Waals surface area contributed by atoms with E-state index in [9.17, 15) is 4.79 Å². The third-order valence-corrected chi connectivity index (χ3v) is 4.85. The molecule has 1 aromatic carbocycles. The summed E-state index contributed by atoms with van der Waals surface area (Å²) >= 11 is 1.67. The van der Waals surface area contributed by atoms with Crippen LogP contribution in [0.25, 0.3) is 0 Å². The number of piperidine rings is 1. The topological polar surface area (TPSA) is 20.3 Å². The van der Waals surface area contributed by atoms with Crippen molar-refractivity contribution >= 4 is 17.7 Å². The van der Waals surface area contributed by atoms with Crippen molar-refractivity contribution in [1.82, 2.24) is 4.90 Å². The molecule has 1 amide bonds. The summed E-state index contributed by atoms with van der Waals surface area (Å²) in [7, 11) is 0. The summed E-state index contributed by atoms with van der Waals surface area (Å²) in [5.41, 5.74) is 2.52. The van der Waals surface area contributed by atoms with Crippen LogP contribution < -0.4 is 0 Å². The van der Waals surface area contributed by atoms with E-state index in [1.165, 1.54) is 22.4 Å². The highest BCUT2D eigenvalue weighted by atomic mass is 32.2. The number of likely N-dealkylation sites (tertiary alicyclic amines) is 1. The quantitative estimate of drug-likeness (QED) is 0.786. The molecule has 0 spiro atoms. The van der Waals surface area contributed by atoms with E-state index in [1.807, 2.05) is 4.90 Å². The lowest BCUT2D eigenvalue weighted by Crippen LogP contribution is -2.40. The smallest absolute Gasteiger partial charge is 0.232 e. The van der Waals surface area contributed by atoms with Crippen molar-refractivity contribution in [1.29, 1.82) is 0 Å². The van der Waals surface area contributed by atoms with E-state index in [0.717, 1.165) is 19.5 Å². The van der Waals surface area contributed by atoms with Crippen LogP contribution in [0.4, 0.5) is 0 Å². The molecule has 19 heavy (non-hydrogen) atoms. The molecule has 0 aromatic heterocycles. The van der Waals surface area contributed by atoms with Gasteiger partial charge in [0.25, 0.3) is 0 Å². The van der Waals surface area contributed by atoms with E-state index in [-0.39, 0.29) is 5.91 Å². The van der Waals surface area contributed by atoms with Gasteiger partial charge in [0.2, 0.25) is 5.91 Å². The summed E-state index contributed by atoms with van der Waals surface area (Å²) in [5, 5.41) is 0. The summed E-state index contributed by atoms with van der Waals surface area (Å²) in [5.74, 6) is 1.51. The van der Waals surface area contributed by atoms with Gasteiger partial charge in [-0.1, -0.05) is 24.6 Å². The number of hydrogen-bond donors (Lipinski definition) is 0. The minimum absolute atomic E-state index is 0.289. The molecule has 1 aliphatic rings. The van der Waals surface area contributed by atoms with Gasteiger partial charge in [-0.25, -0.2) is 0 Å². The van der Waals surface area contributed by atoms with Crippen molar-refractivity contribution in [3.05, 3.63) is 29.3 Å². The molecule has 2 rings (SSSR count). The first-order valence-corrected chi connectivity index (χ1v) is 8.02. The molecule has 1 heterocycles. The number of hydrogen-bond acceptors (Lipinski definition) is 2. The molecule has 1 unspecified atom stereocenters. The zero-order valence-corrected chi connectivity index (χ0v) is 12.9. The lowest BCUT2D eigenvalue weighted by Gasteiger charge is -2.30. The molecule has 0 saturated carbocycles. The normalized spacial score (nSPS) is 19.5. The Balaban J connectivity index is 1.91. The predicted octanol–water partition coefficient (Wildman–Crippen LogP) is 3.65. The second kappa shape index (κ2) is 6.47. The molecule has 1 aliphatic heterocycles. The SMILES string of the molecule is Cc1ccc(C)c(SCC(=O)N2CCCC(C)C2)c1. The molecule has 1 atom stereocenters. The number of carbonyl (C=O) groups is 1. The zero-order valence-electron chi connectivity index (χ0n) is 12.1. The molecule has 0 bridgehead atoms. The maximum atomic E-state index is 12.2. The van der Waals surface area contributed by atoms with Crippen molar-refractivity contribution < 1.29 is 4.79 Å². The second-order valence-corrected chi connectivity index (χ2v) is 6.66. The van der Waals surface area contributed by atoms with Gasteiger partial charge in [0.05, 0.1) is 5.75 Å². The summed E-state index contributed by atoms with van der Waals surface area (Å²) in [4.78, 5) is 15.5. The molecular formula is C16H23NOS. The van der Waals surface area contributed by atoms with Crippen LogP contribution in [0, 0.1) is 19.8 Å². The Bertz CT molecular complexity index is 458. The van der Waals surface area contributed by atoms with Crippen LogP contribution in [0.3, 0.4) is 0 Å². The molecule has 1 aromatic rings. The van der Waals surface area contributed by atoms with Gasteiger partial charge in [-0.3, -0.25) is 4.79 Å². The summed E-state index contributed by atoms with van der Waals surface area (Å²) < 4.78 is 0. The molecule has 0 N–H and O–H groups in total. The van der Waals surface area contributed by atoms with Gasteiger partial charge in [-0.2, -0.15) is 0 Å². The van der Waals surface area contributed by atoms with Gasteiger partial charge in [0.1, 0.15) is 0 Å². The van der Waals surface area contributed by atoms with E-state index in [0.29, 0.717) is 11.7 Å². The highest BCUT2D eigenvalue weighted by molar-refractivity contribution is 8.00. The highest BCUT2D eigenvalue weighted by Gasteiger charge is 2.20. The Labute approximate surface area is 120 Å². The standard InChI is InChI=1S/C16H23NOS/c1-12-6-7-14(3)15(9-12)19-11-16(18)17-8-4-5-13(2)10-17/h6-7,9,13H,4-5,8,10-11H2,1-3H3. The Hall–Kier alpha value is -0.960. The molecule has 0 aliphatic carbocycles. The summed E-state index contributed by atoms with van der Waals surface area (Å²) in [6.07, 6.45) is 2.41. The number of carbonyl (C=O) groups excluding carboxylic acids is 1. The van der Waals surface area contributed by atoms with E-state index < -0.39 is 0 Å². The minimum Gasteiger partial charge on any atom is -0.342 e. The van der Waals surface area contributed by atoms with E-state index >= 15 is 0 Å². The van der Waals surface area contributed by atoms with Crippen LogP contribution in [0.15, 0.2) is 23.1 Å². The van der Waals surface area contributed by atoms with Crippen molar-refractivity contribution in [2.75, 3.05) is 18.8 Å². The number of benzene rings is 1. The van der Waals surface area contributed by atoms with Crippen LogP contribution in [0.5, 0.6) is 0 Å². The van der Waals surface area contributed by atoms with Crippen molar-refractivity contribution in [2.24, 2.45) is 5.92 Å². The first-order valence-electron chi connectivity index (χ1n) is 7.04. The predicted molar refractivity (Wildman–Crippen MR) is 81.6 cm³/mol. The van der Waals surface area contributed by atoms with Crippen molar-refractivity contribution in [3.8, 4) is 0 Å². The largest absolute Gasteiger partial charge is 0.342 e. The first kappa shape index (κ1) is 14.4. The Morgan fingerprint density at radius 2 is 2.21 bits per heavy atom. The van der Waals surface area contributed by atoms with Crippen LogP contribution in [0.1, 0.15) is 30.9 Å². The number of rotatable bonds is 3. The average Bonchev–Trinajstić information content (AvgIpc) is 2.39. The molecule has 0 radical (unpaired) electrons. The zero-order chi connectivity index (χ0) is 13.8. The average molecular weight is 277 g/mol. The lowest BCUT2D eigenvalue weighted by atomic mass is 10.0. The van der Waals surface area contributed by atoms with Gasteiger partial charge < -0.3 is 4.90 Å². The molecule has 1 saturated heterocycles. The minimum atomic E-state index is 0.289. The van der Waals surface area contributed by atoms with Gasteiger partial charge in [-0.15, -0.1) is 11.8 Å². The number of amides is 1. The molecule has 2 nitrogen and oxygen atoms in total. The molecule has 104 valence electrons. The van der Waals surface area contributed by atoms with E-state index in [4.69, 9.17) is 0 Å². The van der Waals surface area contributed by atoms with Gasteiger partial charge in [0, 0.05) is 18.0 Å².